The van der Waals surface area contributed by atoms with Gasteiger partial charge in [-0.25, -0.2) is 17.5 Å². The Balaban J connectivity index is 1.76. The van der Waals surface area contributed by atoms with Crippen LogP contribution in [0.3, 0.4) is 0 Å². The van der Waals surface area contributed by atoms with Crippen molar-refractivity contribution in [1.82, 2.24) is 9.78 Å². The average molecular weight is 416 g/mol. The smallest absolute Gasteiger partial charge is 0.270 e. The molecule has 0 radical (unpaired) electrons. The van der Waals surface area contributed by atoms with Crippen molar-refractivity contribution in [3.8, 4) is 5.69 Å². The molecule has 29 heavy (non-hydrogen) atoms. The number of hydrogen-bond donors (Lipinski definition) is 1. The lowest BCUT2D eigenvalue weighted by Crippen LogP contribution is -2.17. The first-order chi connectivity index (χ1) is 13.7. The van der Waals surface area contributed by atoms with Crippen LogP contribution in [0.4, 0.5) is 15.9 Å². The molecule has 148 valence electrons. The van der Waals surface area contributed by atoms with Crippen LogP contribution in [0.25, 0.3) is 5.69 Å². The molecule has 0 spiro atoms. The van der Waals surface area contributed by atoms with Crippen LogP contribution in [0, 0.1) is 15.9 Å². The number of nitrogens with one attached hydrogen (secondary N) is 1. The van der Waals surface area contributed by atoms with E-state index in [2.05, 4.69) is 10.4 Å². The van der Waals surface area contributed by atoms with Crippen LogP contribution < -0.4 is 5.32 Å². The number of nitrogens with zero attached hydrogens (tertiary/aromatic N) is 3. The second-order valence-electron chi connectivity index (χ2n) is 6.46. The summed E-state index contributed by atoms with van der Waals surface area (Å²) >= 11 is 0. The number of benzene rings is 2. The summed E-state index contributed by atoms with van der Waals surface area (Å²) in [6, 6.07) is 10.5. The second kappa shape index (κ2) is 6.78. The molecule has 1 aliphatic heterocycles. The molecule has 0 fully saturated rings. The van der Waals surface area contributed by atoms with Crippen molar-refractivity contribution in [2.24, 2.45) is 0 Å². The fourth-order valence-corrected chi connectivity index (χ4v) is 4.57. The maximum atomic E-state index is 13.3. The highest BCUT2D eigenvalue weighted by atomic mass is 32.2. The highest BCUT2D eigenvalue weighted by Gasteiger charge is 2.33. The Bertz CT molecular complexity index is 1250. The van der Waals surface area contributed by atoms with Gasteiger partial charge in [0.15, 0.2) is 9.84 Å². The Morgan fingerprint density at radius 3 is 2.59 bits per heavy atom. The van der Waals surface area contributed by atoms with E-state index in [1.807, 2.05) is 0 Å². The summed E-state index contributed by atoms with van der Waals surface area (Å²) in [6.45, 7) is 0. The zero-order valence-corrected chi connectivity index (χ0v) is 15.5. The number of rotatable bonds is 4. The molecule has 0 aliphatic carbocycles. The standard InChI is InChI=1S/C18H13FN4O5S/c19-12-4-6-13(7-5-12)22-17(15-9-29(27,28)10-16(15)21-22)20-18(24)11-2-1-3-14(8-11)23(25)26/h1-8H,9-10H2,(H,20,24). The van der Waals surface area contributed by atoms with Gasteiger partial charge in [-0.3, -0.25) is 14.9 Å². The first-order valence-corrected chi connectivity index (χ1v) is 10.2. The largest absolute Gasteiger partial charge is 0.306 e. The lowest BCUT2D eigenvalue weighted by Gasteiger charge is -2.11. The highest BCUT2D eigenvalue weighted by Crippen LogP contribution is 2.33. The summed E-state index contributed by atoms with van der Waals surface area (Å²) in [7, 11) is -3.39. The van der Waals surface area contributed by atoms with Crippen molar-refractivity contribution in [1.29, 1.82) is 0 Å². The Morgan fingerprint density at radius 1 is 1.17 bits per heavy atom. The van der Waals surface area contributed by atoms with Crippen molar-refractivity contribution in [2.75, 3.05) is 5.32 Å². The molecule has 1 N–H and O–H groups in total. The number of fused-ring (bicyclic) bond motifs is 1. The lowest BCUT2D eigenvalue weighted by molar-refractivity contribution is -0.384. The van der Waals surface area contributed by atoms with E-state index in [4.69, 9.17) is 0 Å². The van der Waals surface area contributed by atoms with Gasteiger partial charge < -0.3 is 5.32 Å². The molecule has 2 heterocycles. The molecule has 11 heteroatoms. The van der Waals surface area contributed by atoms with Gasteiger partial charge in [-0.1, -0.05) is 6.07 Å². The number of amides is 1. The first kappa shape index (κ1) is 18.7. The van der Waals surface area contributed by atoms with Crippen LogP contribution in [0.1, 0.15) is 21.6 Å². The predicted octanol–water partition coefficient (Wildman–Crippen LogP) is 2.60. The fraction of sp³-hybridized carbons (Fsp3) is 0.111. The van der Waals surface area contributed by atoms with Crippen LogP contribution in [-0.2, 0) is 21.3 Å². The van der Waals surface area contributed by atoms with Crippen molar-refractivity contribution in [2.45, 2.75) is 11.5 Å². The second-order valence-corrected chi connectivity index (χ2v) is 8.52. The number of hydrogen-bond acceptors (Lipinski definition) is 6. The molecule has 9 nitrogen and oxygen atoms in total. The van der Waals surface area contributed by atoms with E-state index in [0.29, 0.717) is 16.9 Å². The number of nitro benzene ring substituents is 1. The summed E-state index contributed by atoms with van der Waals surface area (Å²) in [6.07, 6.45) is 0. The molecular formula is C18H13FN4O5S. The number of aromatic nitrogens is 2. The number of sulfone groups is 1. The van der Waals surface area contributed by atoms with Gasteiger partial charge in [0.05, 0.1) is 27.8 Å². The van der Waals surface area contributed by atoms with Crippen molar-refractivity contribution < 1.29 is 22.5 Å². The first-order valence-electron chi connectivity index (χ1n) is 8.36. The normalized spacial score (nSPS) is 14.4. The number of halogens is 1. The van der Waals surface area contributed by atoms with E-state index >= 15 is 0 Å². The molecular weight excluding hydrogens is 403 g/mol. The number of anilines is 1. The Morgan fingerprint density at radius 2 is 1.90 bits per heavy atom. The van der Waals surface area contributed by atoms with E-state index < -0.39 is 26.5 Å². The number of carbonyl (C=O) groups is 1. The molecule has 0 saturated heterocycles. The van der Waals surface area contributed by atoms with Crippen LogP contribution in [0.5, 0.6) is 0 Å². The minimum absolute atomic E-state index is 0.0284. The number of nitro groups is 1. The molecule has 4 rings (SSSR count). The fourth-order valence-electron chi connectivity index (χ4n) is 3.08. The third kappa shape index (κ3) is 3.59. The number of carbonyl (C=O) groups excluding carboxylic acids is 1. The van der Waals surface area contributed by atoms with Crippen molar-refractivity contribution >= 4 is 27.2 Å². The van der Waals surface area contributed by atoms with Gasteiger partial charge in [-0.05, 0) is 30.3 Å². The van der Waals surface area contributed by atoms with E-state index in [0.717, 1.165) is 6.07 Å². The maximum absolute atomic E-state index is 13.3. The van der Waals surface area contributed by atoms with Crippen LogP contribution in [0.15, 0.2) is 48.5 Å². The minimum Gasteiger partial charge on any atom is -0.306 e. The van der Waals surface area contributed by atoms with E-state index in [9.17, 15) is 27.7 Å². The monoisotopic (exact) mass is 416 g/mol. The quantitative estimate of drug-likeness (QED) is 0.515. The highest BCUT2D eigenvalue weighted by molar-refractivity contribution is 7.90. The molecule has 1 aliphatic rings. The van der Waals surface area contributed by atoms with Gasteiger partial charge in [0.1, 0.15) is 11.6 Å². The van der Waals surface area contributed by atoms with Crippen LogP contribution >= 0.6 is 0 Å². The molecule has 0 bridgehead atoms. The number of non-ortho nitro benzene ring substituents is 1. The predicted molar refractivity (Wildman–Crippen MR) is 101 cm³/mol. The van der Waals surface area contributed by atoms with Crippen molar-refractivity contribution in [3.05, 3.63) is 81.3 Å². The lowest BCUT2D eigenvalue weighted by atomic mass is 10.2. The summed E-state index contributed by atoms with van der Waals surface area (Å²) in [5.41, 5.74) is 0.836. The topological polar surface area (TPSA) is 124 Å². The van der Waals surface area contributed by atoms with E-state index in [1.54, 1.807) is 0 Å². The van der Waals surface area contributed by atoms with Crippen LogP contribution in [-0.4, -0.2) is 29.0 Å². The third-order valence-electron chi connectivity index (χ3n) is 4.41. The van der Waals surface area contributed by atoms with Gasteiger partial charge in [-0.2, -0.15) is 5.10 Å². The van der Waals surface area contributed by atoms with Gasteiger partial charge in [0, 0.05) is 23.3 Å². The molecule has 0 unspecified atom stereocenters. The average Bonchev–Trinajstić information content (AvgIpc) is 3.15. The van der Waals surface area contributed by atoms with E-state index in [-0.39, 0.29) is 28.6 Å². The maximum Gasteiger partial charge on any atom is 0.270 e. The molecule has 0 saturated carbocycles. The molecule has 3 aromatic rings. The van der Waals surface area contributed by atoms with Gasteiger partial charge in [-0.15, -0.1) is 0 Å². The Kier molecular flexibility index (Phi) is 4.38. The zero-order valence-electron chi connectivity index (χ0n) is 14.7. The molecule has 1 aromatic heterocycles. The Labute approximate surface area is 163 Å². The van der Waals surface area contributed by atoms with Crippen molar-refractivity contribution in [3.63, 3.8) is 0 Å². The molecule has 2 aromatic carbocycles. The summed E-state index contributed by atoms with van der Waals surface area (Å²) in [4.78, 5) is 23.0. The SMILES string of the molecule is O=C(Nc1c2c(nn1-c1ccc(F)cc1)CS(=O)(=O)C2)c1cccc([N+](=O)[O-])c1. The van der Waals surface area contributed by atoms with Gasteiger partial charge in [0.2, 0.25) is 0 Å². The minimum atomic E-state index is -3.39. The Hall–Kier alpha value is -3.60. The van der Waals surface area contributed by atoms with Gasteiger partial charge in [0.25, 0.3) is 11.6 Å². The molecule has 0 atom stereocenters. The third-order valence-corrected chi connectivity index (χ3v) is 5.85. The summed E-state index contributed by atoms with van der Waals surface area (Å²) in [5.74, 6) is -1.56. The summed E-state index contributed by atoms with van der Waals surface area (Å²) in [5, 5.41) is 17.8. The summed E-state index contributed by atoms with van der Waals surface area (Å²) < 4.78 is 38.6. The van der Waals surface area contributed by atoms with Crippen LogP contribution in [0.2, 0.25) is 0 Å². The van der Waals surface area contributed by atoms with Gasteiger partial charge >= 0.3 is 0 Å². The molecule has 1 amide bonds. The van der Waals surface area contributed by atoms with E-state index in [1.165, 1.54) is 47.1 Å². The zero-order chi connectivity index (χ0) is 20.8.